The Morgan fingerprint density at radius 2 is 1.62 bits per heavy atom. The fourth-order valence-corrected chi connectivity index (χ4v) is 2.32. The molecular weight excluding hydrogens is 155 g/mol. The van der Waals surface area contributed by atoms with Crippen molar-refractivity contribution in [1.82, 2.24) is 0 Å². The maximum absolute atomic E-state index is 5.87. The molecule has 1 aromatic carbocycles. The minimum atomic E-state index is 0.417. The molecule has 2 rings (SSSR count). The van der Waals surface area contributed by atoms with Crippen molar-refractivity contribution in [2.45, 2.75) is 38.9 Å². The molecule has 0 amide bonds. The van der Waals surface area contributed by atoms with Crippen LogP contribution < -0.4 is 0 Å². The predicted octanol–water partition coefficient (Wildman–Crippen LogP) is 3.06. The highest BCUT2D eigenvalue weighted by Crippen LogP contribution is 2.52. The van der Waals surface area contributed by atoms with Crippen molar-refractivity contribution in [2.24, 2.45) is 0 Å². The molecule has 0 aromatic heterocycles. The topological polar surface area (TPSA) is 0 Å². The molecule has 1 heteroatoms. The van der Waals surface area contributed by atoms with Crippen LogP contribution in [-0.2, 0) is 0 Å². The lowest BCUT2D eigenvalue weighted by molar-refractivity contribution is 1.06. The summed E-state index contributed by atoms with van der Waals surface area (Å²) in [5.74, 6) is 1.06. The first-order valence-corrected chi connectivity index (χ1v) is 4.93. The Kier molecular flexibility index (Phi) is 1.98. The van der Waals surface area contributed by atoms with Crippen LogP contribution in [0.5, 0.6) is 0 Å². The summed E-state index contributed by atoms with van der Waals surface area (Å²) in [7, 11) is 5.87. The molecule has 0 spiro atoms. The van der Waals surface area contributed by atoms with E-state index in [9.17, 15) is 0 Å². The molecule has 66 valence electrons. The molecular formula is C12H15B. The van der Waals surface area contributed by atoms with E-state index in [4.69, 9.17) is 7.85 Å². The normalized spacial score (nSPS) is 26.1. The summed E-state index contributed by atoms with van der Waals surface area (Å²) in [6, 6.07) is 4.51. The van der Waals surface area contributed by atoms with Gasteiger partial charge in [0.15, 0.2) is 0 Å². The number of benzene rings is 1. The fraction of sp³-hybridized carbons (Fsp3) is 0.500. The van der Waals surface area contributed by atoms with Crippen LogP contribution in [-0.4, -0.2) is 7.85 Å². The van der Waals surface area contributed by atoms with Crippen molar-refractivity contribution in [3.05, 3.63) is 34.4 Å². The zero-order valence-corrected chi connectivity index (χ0v) is 8.59. The quantitative estimate of drug-likeness (QED) is 0.568. The van der Waals surface area contributed by atoms with Crippen LogP contribution in [0.3, 0.4) is 0 Å². The maximum atomic E-state index is 5.87. The van der Waals surface area contributed by atoms with Crippen molar-refractivity contribution in [2.75, 3.05) is 0 Å². The zero-order chi connectivity index (χ0) is 9.59. The van der Waals surface area contributed by atoms with Gasteiger partial charge in [-0.2, -0.15) is 0 Å². The average molecular weight is 170 g/mol. The smallest absolute Gasteiger partial charge is 0.0701 e. The van der Waals surface area contributed by atoms with Gasteiger partial charge < -0.3 is 0 Å². The van der Waals surface area contributed by atoms with E-state index >= 15 is 0 Å². The van der Waals surface area contributed by atoms with Gasteiger partial charge in [0.2, 0.25) is 0 Å². The fourth-order valence-electron chi connectivity index (χ4n) is 2.32. The molecule has 2 radical (unpaired) electrons. The third kappa shape index (κ3) is 1.52. The predicted molar refractivity (Wildman–Crippen MR) is 57.5 cm³/mol. The van der Waals surface area contributed by atoms with Gasteiger partial charge in [-0.15, -0.1) is 0 Å². The van der Waals surface area contributed by atoms with Gasteiger partial charge >= 0.3 is 0 Å². The Morgan fingerprint density at radius 3 is 2.00 bits per heavy atom. The van der Waals surface area contributed by atoms with Gasteiger partial charge in [0, 0.05) is 0 Å². The summed E-state index contributed by atoms with van der Waals surface area (Å²) in [5.41, 5.74) is 5.68. The lowest BCUT2D eigenvalue weighted by Crippen LogP contribution is -1.93. The summed E-state index contributed by atoms with van der Waals surface area (Å²) < 4.78 is 0. The first-order valence-electron chi connectivity index (χ1n) is 4.93. The summed E-state index contributed by atoms with van der Waals surface area (Å²) in [4.78, 5) is 0. The largest absolute Gasteiger partial charge is 0.0708 e. The monoisotopic (exact) mass is 170 g/mol. The van der Waals surface area contributed by atoms with E-state index in [0.717, 1.165) is 0 Å². The number of rotatable bonds is 1. The molecule has 0 bridgehead atoms. The van der Waals surface area contributed by atoms with E-state index in [1.807, 2.05) is 0 Å². The van der Waals surface area contributed by atoms with Crippen LogP contribution >= 0.6 is 0 Å². The minimum absolute atomic E-state index is 0.417. The third-order valence-electron chi connectivity index (χ3n) is 2.95. The highest BCUT2D eigenvalue weighted by Gasteiger charge is 2.35. The lowest BCUT2D eigenvalue weighted by Gasteiger charge is -2.10. The van der Waals surface area contributed by atoms with Crippen molar-refractivity contribution in [3.8, 4) is 0 Å². The van der Waals surface area contributed by atoms with Gasteiger partial charge in [-0.1, -0.05) is 29.9 Å². The van der Waals surface area contributed by atoms with Gasteiger partial charge in [0.25, 0.3) is 0 Å². The Morgan fingerprint density at radius 1 is 1.15 bits per heavy atom. The molecule has 1 aliphatic rings. The minimum Gasteiger partial charge on any atom is -0.0701 e. The molecule has 2 atom stereocenters. The van der Waals surface area contributed by atoms with Crippen molar-refractivity contribution in [3.63, 3.8) is 0 Å². The average Bonchev–Trinajstić information content (AvgIpc) is 2.64. The number of aryl methyl sites for hydroxylation is 3. The highest BCUT2D eigenvalue weighted by molar-refractivity contribution is 6.14. The van der Waals surface area contributed by atoms with E-state index in [0.29, 0.717) is 11.7 Å². The molecule has 1 fully saturated rings. The molecule has 13 heavy (non-hydrogen) atoms. The Labute approximate surface area is 81.8 Å². The number of hydrogen-bond donors (Lipinski definition) is 0. The molecule has 0 N–H and O–H groups in total. The second-order valence-electron chi connectivity index (χ2n) is 4.32. The molecule has 0 saturated heterocycles. The van der Waals surface area contributed by atoms with E-state index in [1.54, 1.807) is 0 Å². The van der Waals surface area contributed by atoms with Crippen LogP contribution in [0.4, 0.5) is 0 Å². The second kappa shape index (κ2) is 2.90. The van der Waals surface area contributed by atoms with Crippen molar-refractivity contribution < 1.29 is 0 Å². The number of hydrogen-bond acceptors (Lipinski definition) is 0. The van der Waals surface area contributed by atoms with Crippen LogP contribution in [0, 0.1) is 20.8 Å². The highest BCUT2D eigenvalue weighted by atomic mass is 14.4. The Balaban J connectivity index is 2.45. The van der Waals surface area contributed by atoms with Crippen LogP contribution in [0.2, 0.25) is 5.82 Å². The Bertz CT molecular complexity index is 318. The van der Waals surface area contributed by atoms with Gasteiger partial charge in [0.1, 0.15) is 0 Å². The lowest BCUT2D eigenvalue weighted by atomic mass is 9.91. The summed E-state index contributed by atoms with van der Waals surface area (Å²) in [5, 5.41) is 0. The molecule has 0 aliphatic heterocycles. The SMILES string of the molecule is [B]C1CC1c1c(C)cc(C)cc1C. The third-order valence-corrected chi connectivity index (χ3v) is 2.95. The molecule has 0 nitrogen and oxygen atoms in total. The first-order chi connectivity index (χ1) is 6.09. The molecule has 1 aliphatic carbocycles. The van der Waals surface area contributed by atoms with Crippen molar-refractivity contribution >= 4 is 7.85 Å². The Hall–Kier alpha value is -0.715. The van der Waals surface area contributed by atoms with Gasteiger partial charge in [-0.25, -0.2) is 0 Å². The van der Waals surface area contributed by atoms with Crippen LogP contribution in [0.15, 0.2) is 12.1 Å². The van der Waals surface area contributed by atoms with Crippen LogP contribution in [0.25, 0.3) is 0 Å². The second-order valence-corrected chi connectivity index (χ2v) is 4.32. The van der Waals surface area contributed by atoms with E-state index < -0.39 is 0 Å². The van der Waals surface area contributed by atoms with Gasteiger partial charge in [-0.3, -0.25) is 0 Å². The summed E-state index contributed by atoms with van der Waals surface area (Å²) in [6.07, 6.45) is 1.17. The van der Waals surface area contributed by atoms with E-state index in [1.165, 1.54) is 28.7 Å². The van der Waals surface area contributed by atoms with E-state index in [2.05, 4.69) is 32.9 Å². The molecule has 2 unspecified atom stereocenters. The molecule has 1 saturated carbocycles. The first kappa shape index (κ1) is 8.86. The molecule has 1 aromatic rings. The van der Waals surface area contributed by atoms with E-state index in [-0.39, 0.29) is 0 Å². The van der Waals surface area contributed by atoms with Crippen LogP contribution in [0.1, 0.15) is 34.6 Å². The molecule has 0 heterocycles. The maximum Gasteiger partial charge on any atom is 0.0708 e. The zero-order valence-electron chi connectivity index (χ0n) is 8.59. The van der Waals surface area contributed by atoms with Gasteiger partial charge in [-0.05, 0) is 43.4 Å². The summed E-state index contributed by atoms with van der Waals surface area (Å²) in [6.45, 7) is 6.54. The standard InChI is InChI=1S/C12H15B/c1-7-4-8(2)12(9(3)5-7)10-6-11(10)13/h4-5,10-11H,6H2,1-3H3. The van der Waals surface area contributed by atoms with Gasteiger partial charge in [0.05, 0.1) is 7.85 Å². The van der Waals surface area contributed by atoms with Crippen molar-refractivity contribution in [1.29, 1.82) is 0 Å². The summed E-state index contributed by atoms with van der Waals surface area (Å²) >= 11 is 0.